The van der Waals surface area contributed by atoms with Crippen LogP contribution < -0.4 is 16.2 Å². The number of rotatable bonds is 10. The van der Waals surface area contributed by atoms with Crippen molar-refractivity contribution in [3.8, 4) is 21.7 Å². The van der Waals surface area contributed by atoms with Crippen molar-refractivity contribution in [3.63, 3.8) is 0 Å². The van der Waals surface area contributed by atoms with Crippen molar-refractivity contribution in [3.05, 3.63) is 88.9 Å². The van der Waals surface area contributed by atoms with Crippen molar-refractivity contribution < 1.29 is 23.9 Å². The molecular formula is C35H38N6O5S. The molecule has 0 bridgehead atoms. The van der Waals surface area contributed by atoms with Crippen LogP contribution in [-0.2, 0) is 32.6 Å². The number of carbonyl (C=O) groups excluding carboxylic acids is 4. The molecule has 2 aromatic heterocycles. The molecule has 0 saturated carbocycles. The maximum absolute atomic E-state index is 13.5. The second-order valence-electron chi connectivity index (χ2n) is 11.9. The Balaban J connectivity index is 1.04. The minimum atomic E-state index is -0.901. The van der Waals surface area contributed by atoms with E-state index in [4.69, 9.17) is 4.74 Å². The average Bonchev–Trinajstić information content (AvgIpc) is 3.45. The van der Waals surface area contributed by atoms with E-state index < -0.39 is 24.0 Å². The van der Waals surface area contributed by atoms with Gasteiger partial charge in [-0.2, -0.15) is 5.10 Å². The van der Waals surface area contributed by atoms with Crippen LogP contribution in [0, 0.1) is 0 Å². The molecule has 4 heterocycles. The van der Waals surface area contributed by atoms with Crippen molar-refractivity contribution in [2.75, 3.05) is 13.1 Å². The Morgan fingerprint density at radius 3 is 2.49 bits per heavy atom. The average molecular weight is 655 g/mol. The number of aromatic nitrogens is 2. The van der Waals surface area contributed by atoms with Gasteiger partial charge >= 0.3 is 0 Å². The molecule has 12 heteroatoms. The number of piperidine rings is 1. The molecule has 244 valence electrons. The number of hydrogen-bond acceptors (Lipinski definition) is 7. The van der Waals surface area contributed by atoms with Gasteiger partial charge in [-0.25, -0.2) is 0 Å². The fraction of sp³-hybridized carbons (Fsp3) is 0.343. The molecule has 6 rings (SSSR count). The summed E-state index contributed by atoms with van der Waals surface area (Å²) in [5, 5.41) is 9.74. The van der Waals surface area contributed by atoms with Crippen molar-refractivity contribution in [1.82, 2.24) is 30.8 Å². The zero-order valence-corrected chi connectivity index (χ0v) is 27.2. The quantitative estimate of drug-likeness (QED) is 0.174. The number of hydrazine groups is 1. The van der Waals surface area contributed by atoms with Gasteiger partial charge in [-0.1, -0.05) is 24.3 Å². The second-order valence-corrected chi connectivity index (χ2v) is 12.9. The third-order valence-corrected chi connectivity index (χ3v) is 9.41. The first-order chi connectivity index (χ1) is 22.8. The Kier molecular flexibility index (Phi) is 9.79. The van der Waals surface area contributed by atoms with Gasteiger partial charge in [-0.15, -0.1) is 11.3 Å². The SMILES string of the molecule is C[C@@H](NC(=O)c1ccccc1CCC(=O)NNC(=O)[C@H]1OC1C(=O)N1CCCCC1)c1cc(-c2ccn(C)n2)cc(-c2cccs2)c1. The summed E-state index contributed by atoms with van der Waals surface area (Å²) in [4.78, 5) is 54.0. The van der Waals surface area contributed by atoms with Gasteiger partial charge in [0, 0.05) is 48.8 Å². The topological polar surface area (TPSA) is 138 Å². The maximum atomic E-state index is 13.5. The molecule has 1 unspecified atom stereocenters. The van der Waals surface area contributed by atoms with Crippen molar-refractivity contribution in [1.29, 1.82) is 0 Å². The van der Waals surface area contributed by atoms with Crippen LogP contribution in [0.15, 0.2) is 72.2 Å². The summed E-state index contributed by atoms with van der Waals surface area (Å²) in [6, 6.07) is 19.2. The summed E-state index contributed by atoms with van der Waals surface area (Å²) in [5.74, 6) is -1.41. The standard InChI is InChI=1S/C35H38N6O5S/c1-22(24-19-25(28-14-17-40(2)39-28)21-26(20-24)29-11-8-18-47-29)36-33(43)27-10-5-4-9-23(27)12-13-30(42)37-38-34(44)31-32(46-31)35(45)41-15-6-3-7-16-41/h4-5,8-11,14,17-22,31-32H,3,6-7,12-13,15-16H2,1-2H3,(H,36,43)(H,37,42)(H,38,44)/t22-,31+,32?/m1/s1. The summed E-state index contributed by atoms with van der Waals surface area (Å²) in [7, 11) is 1.88. The van der Waals surface area contributed by atoms with E-state index in [1.54, 1.807) is 33.1 Å². The van der Waals surface area contributed by atoms with Crippen LogP contribution in [0.4, 0.5) is 0 Å². The second kappa shape index (κ2) is 14.3. The van der Waals surface area contributed by atoms with Crippen molar-refractivity contribution >= 4 is 35.0 Å². The van der Waals surface area contributed by atoms with Gasteiger partial charge in [-0.05, 0) is 91.1 Å². The molecular weight excluding hydrogens is 616 g/mol. The summed E-state index contributed by atoms with van der Waals surface area (Å²) < 4.78 is 7.08. The van der Waals surface area contributed by atoms with Crippen molar-refractivity contribution in [2.45, 2.75) is 57.3 Å². The third kappa shape index (κ3) is 7.78. The lowest BCUT2D eigenvalue weighted by Crippen LogP contribution is -2.45. The largest absolute Gasteiger partial charge is 0.349 e. The molecule has 2 aromatic carbocycles. The van der Waals surface area contributed by atoms with Crippen molar-refractivity contribution in [2.24, 2.45) is 7.05 Å². The molecule has 0 spiro atoms. The molecule has 4 aromatic rings. The smallest absolute Gasteiger partial charge is 0.270 e. The number of hydrogen-bond donors (Lipinski definition) is 3. The number of likely N-dealkylation sites (tertiary alicyclic amines) is 1. The first-order valence-electron chi connectivity index (χ1n) is 15.9. The van der Waals surface area contributed by atoms with E-state index in [9.17, 15) is 19.2 Å². The van der Waals surface area contributed by atoms with Crippen LogP contribution in [0.1, 0.15) is 60.1 Å². The predicted molar refractivity (Wildman–Crippen MR) is 178 cm³/mol. The Hall–Kier alpha value is -4.81. The highest BCUT2D eigenvalue weighted by Crippen LogP contribution is 2.32. The van der Waals surface area contributed by atoms with Crippen LogP contribution in [0.2, 0.25) is 0 Å². The first-order valence-corrected chi connectivity index (χ1v) is 16.8. The van der Waals surface area contributed by atoms with E-state index in [1.165, 1.54) is 0 Å². The lowest BCUT2D eigenvalue weighted by Gasteiger charge is -2.25. The highest BCUT2D eigenvalue weighted by molar-refractivity contribution is 7.13. The fourth-order valence-corrected chi connectivity index (χ4v) is 6.54. The summed E-state index contributed by atoms with van der Waals surface area (Å²) in [6.45, 7) is 3.30. The molecule has 0 radical (unpaired) electrons. The normalized spacial score (nSPS) is 17.9. The molecule has 2 aliphatic rings. The van der Waals surface area contributed by atoms with Gasteiger partial charge in [0.25, 0.3) is 17.7 Å². The van der Waals surface area contributed by atoms with Gasteiger partial charge in [0.05, 0.1) is 11.7 Å². The van der Waals surface area contributed by atoms with Crippen LogP contribution in [0.5, 0.6) is 0 Å². The molecule has 3 atom stereocenters. The minimum Gasteiger partial charge on any atom is -0.349 e. The summed E-state index contributed by atoms with van der Waals surface area (Å²) in [6.07, 6.45) is 3.53. The van der Waals surface area contributed by atoms with Gasteiger partial charge in [0.2, 0.25) is 5.91 Å². The lowest BCUT2D eigenvalue weighted by molar-refractivity contribution is -0.133. The number of carbonyl (C=O) groups is 4. The molecule has 2 fully saturated rings. The Labute approximate surface area is 277 Å². The number of aryl methyl sites for hydroxylation is 2. The Bertz CT molecular complexity index is 1760. The number of nitrogens with one attached hydrogen (secondary N) is 3. The zero-order chi connectivity index (χ0) is 32.9. The number of ether oxygens (including phenoxy) is 1. The molecule has 47 heavy (non-hydrogen) atoms. The number of benzene rings is 2. The molecule has 11 nitrogen and oxygen atoms in total. The summed E-state index contributed by atoms with van der Waals surface area (Å²) >= 11 is 1.65. The highest BCUT2D eigenvalue weighted by Gasteiger charge is 2.52. The van der Waals surface area contributed by atoms with E-state index >= 15 is 0 Å². The van der Waals surface area contributed by atoms with E-state index in [-0.39, 0.29) is 30.7 Å². The van der Waals surface area contributed by atoms with E-state index in [2.05, 4.69) is 39.5 Å². The minimum absolute atomic E-state index is 0.0398. The highest BCUT2D eigenvalue weighted by atomic mass is 32.1. The molecule has 2 saturated heterocycles. The van der Waals surface area contributed by atoms with Crippen LogP contribution in [0.25, 0.3) is 21.7 Å². The number of thiophene rings is 1. The van der Waals surface area contributed by atoms with Crippen LogP contribution in [-0.4, -0.2) is 63.6 Å². The maximum Gasteiger partial charge on any atom is 0.270 e. The third-order valence-electron chi connectivity index (χ3n) is 8.49. The molecule has 3 N–H and O–H groups in total. The predicted octanol–water partition coefficient (Wildman–Crippen LogP) is 4.17. The number of epoxide rings is 1. The van der Waals surface area contributed by atoms with E-state index in [0.717, 1.165) is 46.5 Å². The van der Waals surface area contributed by atoms with Crippen LogP contribution >= 0.6 is 11.3 Å². The van der Waals surface area contributed by atoms with Crippen LogP contribution in [0.3, 0.4) is 0 Å². The monoisotopic (exact) mass is 654 g/mol. The fourth-order valence-electron chi connectivity index (χ4n) is 5.83. The molecule has 2 aliphatic heterocycles. The van der Waals surface area contributed by atoms with E-state index in [0.29, 0.717) is 24.2 Å². The lowest BCUT2D eigenvalue weighted by atomic mass is 9.97. The number of nitrogens with zero attached hydrogens (tertiary/aromatic N) is 3. The van der Waals surface area contributed by atoms with Gasteiger partial charge in [0.1, 0.15) is 0 Å². The van der Waals surface area contributed by atoms with E-state index in [1.807, 2.05) is 55.9 Å². The van der Waals surface area contributed by atoms with Gasteiger partial charge in [0.15, 0.2) is 12.2 Å². The first kappa shape index (κ1) is 32.1. The van der Waals surface area contributed by atoms with Gasteiger partial charge < -0.3 is 15.0 Å². The zero-order valence-electron chi connectivity index (χ0n) is 26.4. The molecule has 0 aliphatic carbocycles. The van der Waals surface area contributed by atoms with Gasteiger partial charge in [-0.3, -0.25) is 34.7 Å². The molecule has 4 amide bonds. The summed E-state index contributed by atoms with van der Waals surface area (Å²) in [5.41, 5.74) is 9.75. The number of amides is 4. The Morgan fingerprint density at radius 2 is 1.74 bits per heavy atom. The Morgan fingerprint density at radius 1 is 0.957 bits per heavy atom.